The van der Waals surface area contributed by atoms with Crippen molar-refractivity contribution in [1.29, 1.82) is 0 Å². The van der Waals surface area contributed by atoms with Crippen molar-refractivity contribution in [2.75, 3.05) is 0 Å². The summed E-state index contributed by atoms with van der Waals surface area (Å²) >= 11 is 5.89. The second-order valence-electron chi connectivity index (χ2n) is 4.23. The first-order chi connectivity index (χ1) is 9.36. The third-order valence-corrected chi connectivity index (χ3v) is 3.25. The number of alkyl halides is 1. The zero-order valence-electron chi connectivity index (χ0n) is 10.2. The predicted octanol–water partition coefficient (Wildman–Crippen LogP) is 4.77. The van der Waals surface area contributed by atoms with Crippen LogP contribution in [-0.4, -0.2) is 4.98 Å². The lowest BCUT2D eigenvalue weighted by molar-refractivity contribution is 0.476. The van der Waals surface area contributed by atoms with E-state index in [4.69, 9.17) is 16.3 Å². The van der Waals surface area contributed by atoms with Crippen LogP contribution in [0.25, 0.3) is 10.8 Å². The second-order valence-corrected chi connectivity index (χ2v) is 4.50. The lowest BCUT2D eigenvalue weighted by Crippen LogP contribution is -1.90. The van der Waals surface area contributed by atoms with Crippen LogP contribution in [-0.2, 0) is 5.88 Å². The molecule has 0 fully saturated rings. The van der Waals surface area contributed by atoms with Gasteiger partial charge in [-0.25, -0.2) is 0 Å². The highest BCUT2D eigenvalue weighted by atomic mass is 35.5. The van der Waals surface area contributed by atoms with Gasteiger partial charge in [-0.3, -0.25) is 4.98 Å². The predicted molar refractivity (Wildman–Crippen MR) is 77.8 cm³/mol. The van der Waals surface area contributed by atoms with Crippen molar-refractivity contribution in [3.8, 4) is 11.5 Å². The Morgan fingerprint density at radius 2 is 1.84 bits per heavy atom. The van der Waals surface area contributed by atoms with E-state index in [0.29, 0.717) is 11.6 Å². The van der Waals surface area contributed by atoms with Gasteiger partial charge in [0.15, 0.2) is 0 Å². The summed E-state index contributed by atoms with van der Waals surface area (Å²) in [7, 11) is 0. The van der Waals surface area contributed by atoms with E-state index >= 15 is 0 Å². The lowest BCUT2D eigenvalue weighted by atomic mass is 10.1. The Morgan fingerprint density at radius 3 is 2.68 bits per heavy atom. The smallest absolute Gasteiger partial charge is 0.150 e. The molecule has 0 aliphatic heterocycles. The van der Waals surface area contributed by atoms with E-state index < -0.39 is 0 Å². The molecule has 0 unspecified atom stereocenters. The highest BCUT2D eigenvalue weighted by Crippen LogP contribution is 2.28. The van der Waals surface area contributed by atoms with Crippen molar-refractivity contribution in [3.05, 3.63) is 66.5 Å². The van der Waals surface area contributed by atoms with Crippen LogP contribution in [0.15, 0.2) is 60.9 Å². The quantitative estimate of drug-likeness (QED) is 0.639. The first-order valence-corrected chi connectivity index (χ1v) is 6.56. The summed E-state index contributed by atoms with van der Waals surface area (Å²) in [4.78, 5) is 4.07. The van der Waals surface area contributed by atoms with E-state index in [9.17, 15) is 0 Å². The van der Waals surface area contributed by atoms with Crippen LogP contribution in [0.2, 0.25) is 0 Å². The topological polar surface area (TPSA) is 22.1 Å². The molecule has 1 aromatic heterocycles. The van der Waals surface area contributed by atoms with Gasteiger partial charge in [-0.1, -0.05) is 30.3 Å². The molecule has 94 valence electrons. The van der Waals surface area contributed by atoms with Crippen LogP contribution in [0, 0.1) is 0 Å². The van der Waals surface area contributed by atoms with Crippen LogP contribution < -0.4 is 4.74 Å². The molecule has 0 saturated heterocycles. The Kier molecular flexibility index (Phi) is 3.34. The Balaban J connectivity index is 1.96. The van der Waals surface area contributed by atoms with Crippen molar-refractivity contribution in [1.82, 2.24) is 4.98 Å². The van der Waals surface area contributed by atoms with Crippen LogP contribution in [0.4, 0.5) is 0 Å². The zero-order chi connectivity index (χ0) is 13.1. The summed E-state index contributed by atoms with van der Waals surface area (Å²) in [5.41, 5.74) is 0.935. The average molecular weight is 270 g/mol. The molecule has 0 N–H and O–H groups in total. The van der Waals surface area contributed by atoms with Gasteiger partial charge in [0, 0.05) is 11.8 Å². The fourth-order valence-corrected chi connectivity index (χ4v) is 2.19. The Morgan fingerprint density at radius 1 is 1.00 bits per heavy atom. The van der Waals surface area contributed by atoms with Gasteiger partial charge in [0.05, 0.1) is 12.1 Å². The van der Waals surface area contributed by atoms with Gasteiger partial charge in [-0.05, 0) is 29.0 Å². The Labute approximate surface area is 116 Å². The summed E-state index contributed by atoms with van der Waals surface area (Å²) in [6.07, 6.45) is 3.40. The summed E-state index contributed by atoms with van der Waals surface area (Å²) in [5, 5.41) is 2.34. The number of rotatable bonds is 3. The molecule has 0 amide bonds. The van der Waals surface area contributed by atoms with Gasteiger partial charge in [0.25, 0.3) is 0 Å². The number of halogens is 1. The van der Waals surface area contributed by atoms with Gasteiger partial charge in [-0.2, -0.15) is 0 Å². The van der Waals surface area contributed by atoms with Gasteiger partial charge in [0.2, 0.25) is 0 Å². The minimum atomic E-state index is 0.408. The maximum absolute atomic E-state index is 5.89. The third-order valence-electron chi connectivity index (χ3n) is 2.96. The van der Waals surface area contributed by atoms with E-state index in [1.807, 2.05) is 36.4 Å². The molecule has 0 radical (unpaired) electrons. The Bertz CT molecular complexity index is 712. The van der Waals surface area contributed by atoms with Crippen molar-refractivity contribution < 1.29 is 4.74 Å². The molecule has 2 aromatic carbocycles. The highest BCUT2D eigenvalue weighted by molar-refractivity contribution is 6.17. The van der Waals surface area contributed by atoms with Crippen LogP contribution >= 0.6 is 11.6 Å². The molecule has 0 saturated carbocycles. The normalized spacial score (nSPS) is 10.6. The minimum absolute atomic E-state index is 0.408. The largest absolute Gasteiger partial charge is 0.455 e. The Hall–Kier alpha value is -2.06. The molecule has 1 heterocycles. The molecular weight excluding hydrogens is 258 g/mol. The maximum Gasteiger partial charge on any atom is 0.150 e. The van der Waals surface area contributed by atoms with E-state index in [2.05, 4.69) is 17.1 Å². The summed E-state index contributed by atoms with van der Waals surface area (Å²) < 4.78 is 5.86. The average Bonchev–Trinajstić information content (AvgIpc) is 2.48. The molecular formula is C16H12ClNO. The molecule has 0 bridgehead atoms. The fourth-order valence-electron chi connectivity index (χ4n) is 1.97. The standard InChI is InChI=1S/C16H12ClNO/c17-10-14-7-8-18-11-16(14)19-15-6-5-12-3-1-2-4-13(12)9-15/h1-9,11H,10H2. The van der Waals surface area contributed by atoms with Gasteiger partial charge in [-0.15, -0.1) is 11.6 Å². The van der Waals surface area contributed by atoms with Crippen molar-refractivity contribution in [3.63, 3.8) is 0 Å². The van der Waals surface area contributed by atoms with Crippen molar-refractivity contribution in [2.24, 2.45) is 0 Å². The zero-order valence-corrected chi connectivity index (χ0v) is 11.0. The van der Waals surface area contributed by atoms with Crippen LogP contribution in [0.5, 0.6) is 11.5 Å². The maximum atomic E-state index is 5.89. The van der Waals surface area contributed by atoms with Crippen LogP contribution in [0.3, 0.4) is 0 Å². The molecule has 0 aliphatic carbocycles. The molecule has 0 spiro atoms. The minimum Gasteiger partial charge on any atom is -0.455 e. The molecule has 19 heavy (non-hydrogen) atoms. The summed E-state index contributed by atoms with van der Waals surface area (Å²) in [6, 6.07) is 16.1. The summed E-state index contributed by atoms with van der Waals surface area (Å²) in [6.45, 7) is 0. The third kappa shape index (κ3) is 2.54. The number of pyridine rings is 1. The van der Waals surface area contributed by atoms with E-state index in [0.717, 1.165) is 16.7 Å². The first kappa shape index (κ1) is 12.0. The molecule has 3 aromatic rings. The van der Waals surface area contributed by atoms with Crippen molar-refractivity contribution in [2.45, 2.75) is 5.88 Å². The lowest BCUT2D eigenvalue weighted by Gasteiger charge is -2.09. The number of hydrogen-bond acceptors (Lipinski definition) is 2. The first-order valence-electron chi connectivity index (χ1n) is 6.02. The van der Waals surface area contributed by atoms with Crippen molar-refractivity contribution >= 4 is 22.4 Å². The number of fused-ring (bicyclic) bond motifs is 1. The van der Waals surface area contributed by atoms with E-state index in [1.54, 1.807) is 12.4 Å². The van der Waals surface area contributed by atoms with Gasteiger partial charge in [0.1, 0.15) is 11.5 Å². The van der Waals surface area contributed by atoms with E-state index in [1.165, 1.54) is 5.39 Å². The summed E-state index contributed by atoms with van der Waals surface area (Å²) in [5.74, 6) is 1.90. The second kappa shape index (κ2) is 5.29. The molecule has 3 rings (SSSR count). The number of hydrogen-bond donors (Lipinski definition) is 0. The number of benzene rings is 2. The highest BCUT2D eigenvalue weighted by Gasteiger charge is 2.04. The monoisotopic (exact) mass is 269 g/mol. The SMILES string of the molecule is ClCc1ccncc1Oc1ccc2ccccc2c1. The van der Waals surface area contributed by atoms with Gasteiger partial charge < -0.3 is 4.74 Å². The molecule has 2 nitrogen and oxygen atoms in total. The molecule has 0 aliphatic rings. The molecule has 3 heteroatoms. The number of ether oxygens (including phenoxy) is 1. The van der Waals surface area contributed by atoms with Gasteiger partial charge >= 0.3 is 0 Å². The number of nitrogens with zero attached hydrogens (tertiary/aromatic N) is 1. The molecule has 0 atom stereocenters. The van der Waals surface area contributed by atoms with Crippen LogP contribution in [0.1, 0.15) is 5.56 Å². The fraction of sp³-hybridized carbons (Fsp3) is 0.0625. The van der Waals surface area contributed by atoms with E-state index in [-0.39, 0.29) is 0 Å². The number of aromatic nitrogens is 1.